The van der Waals surface area contributed by atoms with Crippen molar-refractivity contribution in [3.8, 4) is 0 Å². The first-order chi connectivity index (χ1) is 12.0. The summed E-state index contributed by atoms with van der Waals surface area (Å²) in [5.41, 5.74) is 0.691. The van der Waals surface area contributed by atoms with Gasteiger partial charge in [-0.15, -0.1) is 0 Å². The van der Waals surface area contributed by atoms with E-state index in [4.69, 9.17) is 11.6 Å². The van der Waals surface area contributed by atoms with Gasteiger partial charge in [0.15, 0.2) is 0 Å². The predicted molar refractivity (Wildman–Crippen MR) is 102 cm³/mol. The summed E-state index contributed by atoms with van der Waals surface area (Å²) in [6.07, 6.45) is 8.25. The quantitative estimate of drug-likeness (QED) is 0.858. The molecule has 1 aliphatic heterocycles. The van der Waals surface area contributed by atoms with Gasteiger partial charge in [0.05, 0.1) is 6.61 Å². The first kappa shape index (κ1) is 18.7. The Morgan fingerprint density at radius 1 is 1.20 bits per heavy atom. The smallest absolute Gasteiger partial charge is 0.228 e. The number of piperidine rings is 1. The zero-order valence-electron chi connectivity index (χ0n) is 15.3. The van der Waals surface area contributed by atoms with Crippen molar-refractivity contribution >= 4 is 17.5 Å². The highest BCUT2D eigenvalue weighted by molar-refractivity contribution is 6.30. The van der Waals surface area contributed by atoms with E-state index >= 15 is 0 Å². The van der Waals surface area contributed by atoms with Crippen LogP contribution in [0.2, 0.25) is 5.02 Å². The number of rotatable bonds is 4. The number of hydrogen-bond acceptors (Lipinski definition) is 2. The summed E-state index contributed by atoms with van der Waals surface area (Å²) in [6, 6.07) is 7.86. The van der Waals surface area contributed by atoms with E-state index in [-0.39, 0.29) is 17.4 Å². The number of hydrogen-bond donors (Lipinski definition) is 1. The van der Waals surface area contributed by atoms with Crippen molar-refractivity contribution in [2.75, 3.05) is 19.7 Å². The Kier molecular flexibility index (Phi) is 5.75. The highest BCUT2D eigenvalue weighted by atomic mass is 35.5. The van der Waals surface area contributed by atoms with Gasteiger partial charge in [0, 0.05) is 28.9 Å². The number of carbonyl (C=O) groups excluding carboxylic acids is 1. The van der Waals surface area contributed by atoms with Crippen LogP contribution >= 0.6 is 11.6 Å². The van der Waals surface area contributed by atoms with Gasteiger partial charge in [0.25, 0.3) is 0 Å². The summed E-state index contributed by atoms with van der Waals surface area (Å²) in [4.78, 5) is 15.2. The second-order valence-corrected chi connectivity index (χ2v) is 8.85. The Labute approximate surface area is 156 Å². The van der Waals surface area contributed by atoms with Crippen molar-refractivity contribution in [3.63, 3.8) is 0 Å². The third-order valence-corrected chi connectivity index (χ3v) is 6.46. The molecule has 1 N–H and O–H groups in total. The second kappa shape index (κ2) is 7.67. The van der Waals surface area contributed by atoms with Crippen molar-refractivity contribution in [1.82, 2.24) is 4.90 Å². The maximum atomic E-state index is 13.2. The van der Waals surface area contributed by atoms with Crippen LogP contribution in [0, 0.1) is 10.8 Å². The van der Waals surface area contributed by atoms with Gasteiger partial charge < -0.3 is 10.0 Å². The summed E-state index contributed by atoms with van der Waals surface area (Å²) >= 11 is 6.12. The average molecular weight is 364 g/mol. The van der Waals surface area contributed by atoms with Gasteiger partial charge in [-0.1, -0.05) is 49.9 Å². The lowest BCUT2D eigenvalue weighted by Crippen LogP contribution is -2.53. The van der Waals surface area contributed by atoms with Crippen LogP contribution in [0.1, 0.15) is 57.4 Å². The molecule has 4 heteroatoms. The monoisotopic (exact) mass is 363 g/mol. The van der Waals surface area contributed by atoms with Crippen molar-refractivity contribution in [1.29, 1.82) is 0 Å². The maximum Gasteiger partial charge on any atom is 0.228 e. The topological polar surface area (TPSA) is 40.5 Å². The van der Waals surface area contributed by atoms with Crippen LogP contribution in [-0.2, 0) is 11.2 Å². The van der Waals surface area contributed by atoms with E-state index in [1.807, 2.05) is 23.1 Å². The molecular weight excluding hydrogens is 334 g/mol. The Bertz CT molecular complexity index is 612. The number of halogens is 1. The molecule has 0 bridgehead atoms. The molecule has 1 aromatic carbocycles. The summed E-state index contributed by atoms with van der Waals surface area (Å²) in [5, 5.41) is 10.9. The van der Waals surface area contributed by atoms with Gasteiger partial charge in [-0.2, -0.15) is 0 Å². The third kappa shape index (κ3) is 4.20. The Balaban J connectivity index is 1.74. The predicted octanol–water partition coefficient (Wildman–Crippen LogP) is 4.45. The number of nitrogens with zero attached hydrogens (tertiary/aromatic N) is 1. The van der Waals surface area contributed by atoms with E-state index in [2.05, 4.69) is 13.0 Å². The normalized spacial score (nSPS) is 26.4. The first-order valence-corrected chi connectivity index (χ1v) is 9.99. The lowest BCUT2D eigenvalue weighted by atomic mass is 9.72. The summed E-state index contributed by atoms with van der Waals surface area (Å²) < 4.78 is 0. The highest BCUT2D eigenvalue weighted by Crippen LogP contribution is 2.40. The van der Waals surface area contributed by atoms with Crippen LogP contribution < -0.4 is 0 Å². The van der Waals surface area contributed by atoms with Gasteiger partial charge in [-0.3, -0.25) is 4.79 Å². The number of aliphatic hydroxyl groups is 1. The molecule has 1 aromatic rings. The van der Waals surface area contributed by atoms with E-state index in [0.717, 1.165) is 62.1 Å². The molecule has 1 saturated heterocycles. The Morgan fingerprint density at radius 3 is 2.64 bits per heavy atom. The molecule has 0 aromatic heterocycles. The Hall–Kier alpha value is -1.06. The number of amides is 1. The number of likely N-dealkylation sites (tertiary alicyclic amines) is 1. The molecule has 1 saturated carbocycles. The largest absolute Gasteiger partial charge is 0.396 e. The fraction of sp³-hybridized carbons (Fsp3) is 0.667. The van der Waals surface area contributed by atoms with Crippen LogP contribution in [-0.4, -0.2) is 35.6 Å². The molecular formula is C21H30ClNO2. The molecule has 3 rings (SSSR count). The molecule has 2 fully saturated rings. The van der Waals surface area contributed by atoms with Gasteiger partial charge in [0.2, 0.25) is 5.91 Å². The van der Waals surface area contributed by atoms with E-state index in [1.165, 1.54) is 6.42 Å². The zero-order valence-corrected chi connectivity index (χ0v) is 16.0. The second-order valence-electron chi connectivity index (χ2n) is 8.42. The van der Waals surface area contributed by atoms with Crippen molar-refractivity contribution in [2.24, 2.45) is 10.8 Å². The van der Waals surface area contributed by atoms with Crippen LogP contribution in [0.5, 0.6) is 0 Å². The maximum absolute atomic E-state index is 13.2. The summed E-state index contributed by atoms with van der Waals surface area (Å²) in [7, 11) is 0. The van der Waals surface area contributed by atoms with Crippen LogP contribution in [0.4, 0.5) is 0 Å². The fourth-order valence-corrected chi connectivity index (χ4v) is 4.93. The average Bonchev–Trinajstić information content (AvgIpc) is 2.62. The van der Waals surface area contributed by atoms with E-state index < -0.39 is 0 Å². The van der Waals surface area contributed by atoms with E-state index in [9.17, 15) is 9.90 Å². The summed E-state index contributed by atoms with van der Waals surface area (Å²) in [6.45, 7) is 3.73. The molecule has 0 radical (unpaired) electrons. The first-order valence-electron chi connectivity index (χ1n) is 9.61. The minimum absolute atomic E-state index is 0.111. The van der Waals surface area contributed by atoms with Gasteiger partial charge in [-0.25, -0.2) is 0 Å². The molecule has 1 heterocycles. The minimum atomic E-state index is -0.246. The van der Waals surface area contributed by atoms with E-state index in [1.54, 1.807) is 0 Å². The number of aliphatic hydroxyl groups excluding tert-OH is 1. The molecule has 3 nitrogen and oxygen atoms in total. The molecule has 1 unspecified atom stereocenters. The number of benzene rings is 1. The zero-order chi connectivity index (χ0) is 17.9. The molecule has 1 aliphatic carbocycles. The van der Waals surface area contributed by atoms with Crippen molar-refractivity contribution in [2.45, 2.75) is 58.3 Å². The van der Waals surface area contributed by atoms with Crippen LogP contribution in [0.25, 0.3) is 0 Å². The SMILES string of the molecule is CC1(C(=O)N2CCCC(CO)(Cc3cccc(Cl)c3)C2)CCCCC1. The van der Waals surface area contributed by atoms with Crippen LogP contribution in [0.3, 0.4) is 0 Å². The highest BCUT2D eigenvalue weighted by Gasteiger charge is 2.42. The fourth-order valence-electron chi connectivity index (χ4n) is 4.72. The molecule has 25 heavy (non-hydrogen) atoms. The van der Waals surface area contributed by atoms with E-state index in [0.29, 0.717) is 12.5 Å². The molecule has 138 valence electrons. The van der Waals surface area contributed by atoms with Crippen LogP contribution in [0.15, 0.2) is 24.3 Å². The minimum Gasteiger partial charge on any atom is -0.396 e. The van der Waals surface area contributed by atoms with Gasteiger partial charge >= 0.3 is 0 Å². The molecule has 0 spiro atoms. The summed E-state index contributed by atoms with van der Waals surface area (Å²) in [5.74, 6) is 0.302. The molecule has 2 aliphatic rings. The number of carbonyl (C=O) groups is 1. The van der Waals surface area contributed by atoms with Gasteiger partial charge in [0.1, 0.15) is 0 Å². The van der Waals surface area contributed by atoms with Crippen molar-refractivity contribution < 1.29 is 9.90 Å². The molecule has 1 atom stereocenters. The standard InChI is InChI=1S/C21H30ClNO2/c1-20(9-3-2-4-10-20)19(25)23-12-6-11-21(15-23,16-24)14-17-7-5-8-18(22)13-17/h5,7-8,13,24H,2-4,6,9-12,14-16H2,1H3. The lowest BCUT2D eigenvalue weighted by molar-refractivity contribution is -0.147. The van der Waals surface area contributed by atoms with Crippen molar-refractivity contribution in [3.05, 3.63) is 34.9 Å². The lowest BCUT2D eigenvalue weighted by Gasteiger charge is -2.45. The molecule has 1 amide bonds. The van der Waals surface area contributed by atoms with Gasteiger partial charge in [-0.05, 0) is 49.8 Å². The Morgan fingerprint density at radius 2 is 1.96 bits per heavy atom. The third-order valence-electron chi connectivity index (χ3n) is 6.23.